The van der Waals surface area contributed by atoms with Gasteiger partial charge in [0.2, 0.25) is 5.91 Å². The fourth-order valence-electron chi connectivity index (χ4n) is 3.95. The van der Waals surface area contributed by atoms with E-state index in [1.54, 1.807) is 32.1 Å². The first-order valence-electron chi connectivity index (χ1n) is 9.72. The number of ether oxygens (including phenoxy) is 3. The highest BCUT2D eigenvalue weighted by Crippen LogP contribution is 2.45. The van der Waals surface area contributed by atoms with Crippen molar-refractivity contribution in [3.05, 3.63) is 58.8 Å². The van der Waals surface area contributed by atoms with Crippen molar-refractivity contribution in [1.29, 1.82) is 0 Å². The molecule has 3 aromatic rings. The molecular formula is C23H25N3O4. The van der Waals surface area contributed by atoms with Crippen molar-refractivity contribution < 1.29 is 19.0 Å². The van der Waals surface area contributed by atoms with Gasteiger partial charge in [0.1, 0.15) is 11.6 Å². The van der Waals surface area contributed by atoms with Crippen molar-refractivity contribution in [2.24, 2.45) is 0 Å². The third-order valence-electron chi connectivity index (χ3n) is 5.52. The standard InChI is InChI=1S/C23H25N3O4/c1-13-6-7-14(2)18(8-13)26-23-17(12-24-26)15(10-22(27)25-23)16-9-20(29-4)21(30-5)11-19(16)28-3/h6-9,11-12,15H,10H2,1-5H3,(H,25,27). The van der Waals surface area contributed by atoms with Gasteiger partial charge < -0.3 is 19.5 Å². The number of amides is 1. The lowest BCUT2D eigenvalue weighted by Gasteiger charge is -2.26. The van der Waals surface area contributed by atoms with Crippen molar-refractivity contribution in [2.75, 3.05) is 26.6 Å². The number of methoxy groups -OCH3 is 3. The van der Waals surface area contributed by atoms with Crippen LogP contribution < -0.4 is 19.5 Å². The number of aromatic nitrogens is 2. The van der Waals surface area contributed by atoms with Crippen LogP contribution in [0.5, 0.6) is 17.2 Å². The van der Waals surface area contributed by atoms with Gasteiger partial charge in [-0.2, -0.15) is 5.10 Å². The molecule has 0 fully saturated rings. The van der Waals surface area contributed by atoms with E-state index >= 15 is 0 Å². The number of anilines is 1. The molecule has 0 bridgehead atoms. The summed E-state index contributed by atoms with van der Waals surface area (Å²) >= 11 is 0. The molecule has 2 heterocycles. The van der Waals surface area contributed by atoms with Gasteiger partial charge in [0.05, 0.1) is 33.2 Å². The average Bonchev–Trinajstić information content (AvgIpc) is 3.17. The third kappa shape index (κ3) is 3.26. The molecule has 1 N–H and O–H groups in total. The van der Waals surface area contributed by atoms with Crippen LogP contribution >= 0.6 is 0 Å². The summed E-state index contributed by atoms with van der Waals surface area (Å²) in [6.07, 6.45) is 2.11. The highest BCUT2D eigenvalue weighted by atomic mass is 16.5. The molecular weight excluding hydrogens is 382 g/mol. The molecule has 0 saturated carbocycles. The Bertz CT molecular complexity index is 1120. The van der Waals surface area contributed by atoms with E-state index in [1.807, 2.05) is 26.1 Å². The quantitative estimate of drug-likeness (QED) is 0.692. The highest BCUT2D eigenvalue weighted by Gasteiger charge is 2.33. The van der Waals surface area contributed by atoms with Crippen LogP contribution in [0.1, 0.15) is 34.6 Å². The molecule has 0 radical (unpaired) electrons. The molecule has 1 aliphatic heterocycles. The lowest BCUT2D eigenvalue weighted by molar-refractivity contribution is -0.116. The van der Waals surface area contributed by atoms with Crippen molar-refractivity contribution in [1.82, 2.24) is 9.78 Å². The normalized spacial score (nSPS) is 15.4. The van der Waals surface area contributed by atoms with Crippen LogP contribution in [0, 0.1) is 13.8 Å². The number of carbonyl (C=O) groups excluding carboxylic acids is 1. The monoisotopic (exact) mass is 407 g/mol. The van der Waals surface area contributed by atoms with Gasteiger partial charge in [-0.25, -0.2) is 4.68 Å². The van der Waals surface area contributed by atoms with Gasteiger partial charge in [0.25, 0.3) is 0 Å². The third-order valence-corrected chi connectivity index (χ3v) is 5.52. The number of fused-ring (bicyclic) bond motifs is 1. The molecule has 4 rings (SSSR count). The Labute approximate surface area is 175 Å². The summed E-state index contributed by atoms with van der Waals surface area (Å²) in [5.41, 5.74) is 4.93. The van der Waals surface area contributed by atoms with Gasteiger partial charge in [0.15, 0.2) is 11.5 Å². The second-order valence-electron chi connectivity index (χ2n) is 7.40. The van der Waals surface area contributed by atoms with Crippen molar-refractivity contribution in [2.45, 2.75) is 26.2 Å². The Balaban J connectivity index is 1.88. The van der Waals surface area contributed by atoms with E-state index in [2.05, 4.69) is 28.6 Å². The molecule has 0 saturated heterocycles. The molecule has 156 valence electrons. The number of nitrogens with zero attached hydrogens (tertiary/aromatic N) is 2. The Morgan fingerprint density at radius 1 is 0.967 bits per heavy atom. The van der Waals surface area contributed by atoms with Crippen LogP contribution in [0.25, 0.3) is 5.69 Å². The molecule has 2 aromatic carbocycles. The zero-order valence-electron chi connectivity index (χ0n) is 17.8. The van der Waals surface area contributed by atoms with Gasteiger partial charge in [0, 0.05) is 29.5 Å². The first-order chi connectivity index (χ1) is 14.5. The number of carbonyl (C=O) groups is 1. The molecule has 1 aliphatic rings. The van der Waals surface area contributed by atoms with Gasteiger partial charge in [-0.05, 0) is 37.1 Å². The summed E-state index contributed by atoms with van der Waals surface area (Å²) < 4.78 is 18.3. The Kier molecular flexibility index (Phi) is 5.11. The second kappa shape index (κ2) is 7.74. The number of hydrogen-bond acceptors (Lipinski definition) is 5. The minimum atomic E-state index is -0.220. The predicted molar refractivity (Wildman–Crippen MR) is 114 cm³/mol. The Hall–Kier alpha value is -3.48. The highest BCUT2D eigenvalue weighted by molar-refractivity contribution is 5.95. The number of aryl methyl sites for hydroxylation is 2. The Morgan fingerprint density at radius 3 is 2.37 bits per heavy atom. The summed E-state index contributed by atoms with van der Waals surface area (Å²) in [6.45, 7) is 4.07. The summed E-state index contributed by atoms with van der Waals surface area (Å²) in [5, 5.41) is 7.62. The first kappa shape index (κ1) is 19.8. The topological polar surface area (TPSA) is 74.6 Å². The molecule has 1 amide bonds. The predicted octanol–water partition coefficient (Wildman–Crippen LogP) is 3.99. The van der Waals surface area contributed by atoms with E-state index in [4.69, 9.17) is 14.2 Å². The minimum Gasteiger partial charge on any atom is -0.496 e. The van der Waals surface area contributed by atoms with E-state index in [1.165, 1.54) is 0 Å². The van der Waals surface area contributed by atoms with E-state index < -0.39 is 0 Å². The van der Waals surface area contributed by atoms with Crippen molar-refractivity contribution >= 4 is 11.7 Å². The SMILES string of the molecule is COc1cc(OC)c(C2CC(=O)Nc3c2cnn3-c2cc(C)ccc2C)cc1OC. The van der Waals surface area contributed by atoms with Gasteiger partial charge >= 0.3 is 0 Å². The molecule has 1 aromatic heterocycles. The van der Waals surface area contributed by atoms with Crippen LogP contribution in [-0.4, -0.2) is 37.0 Å². The van der Waals surface area contributed by atoms with Crippen molar-refractivity contribution in [3.8, 4) is 22.9 Å². The number of benzene rings is 2. The van der Waals surface area contributed by atoms with Crippen LogP contribution in [0.2, 0.25) is 0 Å². The summed E-state index contributed by atoms with van der Waals surface area (Å²) in [6, 6.07) is 9.84. The Morgan fingerprint density at radius 2 is 1.67 bits per heavy atom. The van der Waals surface area contributed by atoms with Gasteiger partial charge in [-0.3, -0.25) is 4.79 Å². The smallest absolute Gasteiger partial charge is 0.226 e. The zero-order chi connectivity index (χ0) is 21.4. The first-order valence-corrected chi connectivity index (χ1v) is 9.72. The molecule has 1 atom stereocenters. The molecule has 0 aliphatic carbocycles. The van der Waals surface area contributed by atoms with Crippen LogP contribution in [-0.2, 0) is 4.79 Å². The zero-order valence-corrected chi connectivity index (χ0v) is 17.8. The maximum Gasteiger partial charge on any atom is 0.226 e. The summed E-state index contributed by atoms with van der Waals surface area (Å²) in [4.78, 5) is 12.7. The van der Waals surface area contributed by atoms with Crippen LogP contribution in [0.3, 0.4) is 0 Å². The van der Waals surface area contributed by atoms with Gasteiger partial charge in [-0.1, -0.05) is 12.1 Å². The minimum absolute atomic E-state index is 0.0728. The lowest BCUT2D eigenvalue weighted by atomic mass is 9.86. The molecule has 7 heteroatoms. The van der Waals surface area contributed by atoms with E-state index in [0.717, 1.165) is 27.9 Å². The number of rotatable bonds is 5. The van der Waals surface area contributed by atoms with Crippen LogP contribution in [0.4, 0.5) is 5.82 Å². The maximum absolute atomic E-state index is 12.7. The number of hydrogen-bond donors (Lipinski definition) is 1. The van der Waals surface area contributed by atoms with Crippen molar-refractivity contribution in [3.63, 3.8) is 0 Å². The summed E-state index contributed by atoms with van der Waals surface area (Å²) in [5.74, 6) is 2.19. The average molecular weight is 407 g/mol. The summed E-state index contributed by atoms with van der Waals surface area (Å²) in [7, 11) is 4.77. The fourth-order valence-corrected chi connectivity index (χ4v) is 3.95. The number of nitrogens with one attached hydrogen (secondary N) is 1. The van der Waals surface area contributed by atoms with E-state index in [9.17, 15) is 4.79 Å². The van der Waals surface area contributed by atoms with E-state index in [0.29, 0.717) is 23.1 Å². The molecule has 0 spiro atoms. The fraction of sp³-hybridized carbons (Fsp3) is 0.304. The van der Waals surface area contributed by atoms with E-state index in [-0.39, 0.29) is 18.2 Å². The van der Waals surface area contributed by atoms with Gasteiger partial charge in [-0.15, -0.1) is 0 Å². The largest absolute Gasteiger partial charge is 0.496 e. The van der Waals surface area contributed by atoms with Crippen LogP contribution in [0.15, 0.2) is 36.5 Å². The maximum atomic E-state index is 12.7. The molecule has 1 unspecified atom stereocenters. The lowest BCUT2D eigenvalue weighted by Crippen LogP contribution is -2.25. The second-order valence-corrected chi connectivity index (χ2v) is 7.40. The molecule has 7 nitrogen and oxygen atoms in total. The molecule has 30 heavy (non-hydrogen) atoms.